The number of nitrogens with zero attached hydrogens (tertiary/aromatic N) is 2. The van der Waals surface area contributed by atoms with Gasteiger partial charge in [-0.05, 0) is 25.7 Å². The number of nitrogens with one attached hydrogen (secondary N) is 1. The summed E-state index contributed by atoms with van der Waals surface area (Å²) in [5.74, 6) is 0.841. The van der Waals surface area contributed by atoms with Gasteiger partial charge in [0.2, 0.25) is 0 Å². The van der Waals surface area contributed by atoms with Crippen molar-refractivity contribution in [1.82, 2.24) is 9.78 Å². The fourth-order valence-electron chi connectivity index (χ4n) is 2.83. The monoisotopic (exact) mass is 221 g/mol. The maximum absolute atomic E-state index is 4.38. The van der Waals surface area contributed by atoms with E-state index in [4.69, 9.17) is 0 Å². The zero-order chi connectivity index (χ0) is 11.5. The van der Waals surface area contributed by atoms with Crippen LogP contribution in [0.25, 0.3) is 0 Å². The lowest BCUT2D eigenvalue weighted by atomic mass is 9.83. The Kier molecular flexibility index (Phi) is 3.52. The van der Waals surface area contributed by atoms with Gasteiger partial charge in [-0.1, -0.05) is 26.2 Å². The number of aryl methyl sites for hydroxylation is 2. The first kappa shape index (κ1) is 11.5. The Hall–Kier alpha value is -0.990. The molecule has 0 radical (unpaired) electrons. The van der Waals surface area contributed by atoms with Crippen LogP contribution < -0.4 is 5.32 Å². The van der Waals surface area contributed by atoms with Crippen LogP contribution in [0.5, 0.6) is 0 Å². The molecule has 1 aromatic rings. The number of anilines is 1. The summed E-state index contributed by atoms with van der Waals surface area (Å²) in [6.07, 6.45) is 8.85. The third-order valence-electron chi connectivity index (χ3n) is 3.79. The summed E-state index contributed by atoms with van der Waals surface area (Å²) in [5, 5.41) is 8.07. The Bertz CT molecular complexity index is 343. The molecule has 90 valence electrons. The van der Waals surface area contributed by atoms with Crippen LogP contribution >= 0.6 is 0 Å². The molecule has 1 aliphatic rings. The maximum atomic E-state index is 4.38. The van der Waals surface area contributed by atoms with E-state index in [0.717, 1.165) is 11.6 Å². The minimum atomic E-state index is 0.654. The molecule has 2 rings (SSSR count). The molecule has 3 heteroatoms. The minimum absolute atomic E-state index is 0.654. The van der Waals surface area contributed by atoms with E-state index in [-0.39, 0.29) is 0 Å². The van der Waals surface area contributed by atoms with Gasteiger partial charge in [-0.3, -0.25) is 4.68 Å². The van der Waals surface area contributed by atoms with E-state index >= 15 is 0 Å². The minimum Gasteiger partial charge on any atom is -0.379 e. The molecule has 16 heavy (non-hydrogen) atoms. The molecule has 0 bridgehead atoms. The van der Waals surface area contributed by atoms with Crippen molar-refractivity contribution < 1.29 is 0 Å². The van der Waals surface area contributed by atoms with E-state index in [0.29, 0.717) is 6.04 Å². The van der Waals surface area contributed by atoms with Crippen molar-refractivity contribution in [2.45, 2.75) is 52.0 Å². The summed E-state index contributed by atoms with van der Waals surface area (Å²) in [7, 11) is 1.98. The van der Waals surface area contributed by atoms with Gasteiger partial charge in [0.15, 0.2) is 0 Å². The Morgan fingerprint density at radius 1 is 1.44 bits per heavy atom. The van der Waals surface area contributed by atoms with Crippen LogP contribution in [0.3, 0.4) is 0 Å². The molecule has 1 heterocycles. The van der Waals surface area contributed by atoms with Crippen LogP contribution in [0.15, 0.2) is 6.20 Å². The molecule has 1 aliphatic carbocycles. The number of hydrogen-bond donors (Lipinski definition) is 1. The summed E-state index contributed by atoms with van der Waals surface area (Å²) in [4.78, 5) is 0. The molecule has 1 saturated carbocycles. The van der Waals surface area contributed by atoms with Crippen molar-refractivity contribution in [2.24, 2.45) is 13.0 Å². The van der Waals surface area contributed by atoms with Gasteiger partial charge in [0.25, 0.3) is 0 Å². The van der Waals surface area contributed by atoms with Gasteiger partial charge in [0.1, 0.15) is 0 Å². The Balaban J connectivity index is 2.04. The first-order chi connectivity index (χ1) is 7.70. The molecule has 0 spiro atoms. The Morgan fingerprint density at radius 2 is 2.19 bits per heavy atom. The van der Waals surface area contributed by atoms with Gasteiger partial charge < -0.3 is 5.32 Å². The predicted octanol–water partition coefficient (Wildman–Crippen LogP) is 3.11. The number of aromatic nitrogens is 2. The second kappa shape index (κ2) is 4.89. The summed E-state index contributed by atoms with van der Waals surface area (Å²) in [6, 6.07) is 0.654. The van der Waals surface area contributed by atoms with Crippen LogP contribution in [-0.4, -0.2) is 15.8 Å². The Labute approximate surface area is 98.2 Å². The van der Waals surface area contributed by atoms with Crippen LogP contribution in [0.2, 0.25) is 0 Å². The lowest BCUT2D eigenvalue weighted by Gasteiger charge is -2.32. The highest BCUT2D eigenvalue weighted by molar-refractivity contribution is 5.46. The molecule has 0 saturated heterocycles. The van der Waals surface area contributed by atoms with Crippen molar-refractivity contribution >= 4 is 5.69 Å². The molecule has 1 N–H and O–H groups in total. The smallest absolute Gasteiger partial charge is 0.0825 e. The fraction of sp³-hybridized carbons (Fsp3) is 0.769. The van der Waals surface area contributed by atoms with Crippen LogP contribution in [0, 0.1) is 12.8 Å². The zero-order valence-corrected chi connectivity index (χ0v) is 10.7. The van der Waals surface area contributed by atoms with Gasteiger partial charge >= 0.3 is 0 Å². The highest BCUT2D eigenvalue weighted by Crippen LogP contribution is 2.29. The number of hydrogen-bond acceptors (Lipinski definition) is 2. The van der Waals surface area contributed by atoms with E-state index in [1.54, 1.807) is 0 Å². The topological polar surface area (TPSA) is 29.9 Å². The molecule has 1 aromatic heterocycles. The van der Waals surface area contributed by atoms with E-state index in [2.05, 4.69) is 30.5 Å². The molecule has 0 amide bonds. The predicted molar refractivity (Wildman–Crippen MR) is 67.6 cm³/mol. The highest BCUT2D eigenvalue weighted by atomic mass is 15.3. The maximum Gasteiger partial charge on any atom is 0.0825 e. The van der Waals surface area contributed by atoms with Crippen molar-refractivity contribution in [3.63, 3.8) is 0 Å². The average Bonchev–Trinajstić information content (AvgIpc) is 2.58. The van der Waals surface area contributed by atoms with Crippen LogP contribution in [0.4, 0.5) is 5.69 Å². The van der Waals surface area contributed by atoms with E-state index in [9.17, 15) is 0 Å². The largest absolute Gasteiger partial charge is 0.379 e. The summed E-state index contributed by atoms with van der Waals surface area (Å²) in [5.41, 5.74) is 2.33. The molecule has 0 aliphatic heterocycles. The van der Waals surface area contributed by atoms with Gasteiger partial charge in [0, 0.05) is 19.3 Å². The molecule has 2 unspecified atom stereocenters. The first-order valence-corrected chi connectivity index (χ1v) is 6.47. The lowest BCUT2D eigenvalue weighted by Crippen LogP contribution is -2.31. The quantitative estimate of drug-likeness (QED) is 0.850. The second-order valence-electron chi connectivity index (χ2n) is 5.01. The van der Waals surface area contributed by atoms with Gasteiger partial charge in [-0.15, -0.1) is 0 Å². The Morgan fingerprint density at radius 3 is 2.81 bits per heavy atom. The van der Waals surface area contributed by atoms with Crippen molar-refractivity contribution in [1.29, 1.82) is 0 Å². The van der Waals surface area contributed by atoms with Crippen LogP contribution in [0.1, 0.15) is 44.7 Å². The molecule has 2 atom stereocenters. The third-order valence-corrected chi connectivity index (χ3v) is 3.79. The van der Waals surface area contributed by atoms with E-state index in [1.165, 1.54) is 37.8 Å². The zero-order valence-electron chi connectivity index (χ0n) is 10.7. The number of rotatable bonds is 3. The average molecular weight is 221 g/mol. The molecular formula is C13H23N3. The van der Waals surface area contributed by atoms with Crippen molar-refractivity contribution in [3.05, 3.63) is 11.9 Å². The van der Waals surface area contributed by atoms with Crippen molar-refractivity contribution in [2.75, 3.05) is 5.32 Å². The third kappa shape index (κ3) is 2.39. The normalized spacial score (nSPS) is 25.7. The SMILES string of the molecule is CCC1CCCCC1Nc1cn(C)nc1C. The molecule has 3 nitrogen and oxygen atoms in total. The highest BCUT2D eigenvalue weighted by Gasteiger charge is 2.24. The van der Waals surface area contributed by atoms with Gasteiger partial charge in [-0.2, -0.15) is 5.10 Å². The summed E-state index contributed by atoms with van der Waals surface area (Å²) < 4.78 is 1.89. The van der Waals surface area contributed by atoms with E-state index < -0.39 is 0 Å². The lowest BCUT2D eigenvalue weighted by molar-refractivity contribution is 0.317. The standard InChI is InChI=1S/C13H23N3/c1-4-11-7-5-6-8-12(11)14-13-9-16(3)15-10(13)2/h9,11-12,14H,4-8H2,1-3H3. The summed E-state index contributed by atoms with van der Waals surface area (Å²) >= 11 is 0. The van der Waals surface area contributed by atoms with Crippen LogP contribution in [-0.2, 0) is 7.05 Å². The molecule has 0 aromatic carbocycles. The first-order valence-electron chi connectivity index (χ1n) is 6.47. The molecular weight excluding hydrogens is 198 g/mol. The van der Waals surface area contributed by atoms with Gasteiger partial charge in [0.05, 0.1) is 11.4 Å². The van der Waals surface area contributed by atoms with Crippen molar-refractivity contribution in [3.8, 4) is 0 Å². The molecule has 1 fully saturated rings. The fourth-order valence-corrected chi connectivity index (χ4v) is 2.83. The summed E-state index contributed by atoms with van der Waals surface area (Å²) in [6.45, 7) is 4.38. The second-order valence-corrected chi connectivity index (χ2v) is 5.01. The van der Waals surface area contributed by atoms with E-state index in [1.807, 2.05) is 11.7 Å². The van der Waals surface area contributed by atoms with Gasteiger partial charge in [-0.25, -0.2) is 0 Å².